The van der Waals surface area contributed by atoms with Crippen LogP contribution in [0.4, 0.5) is 5.69 Å². The van der Waals surface area contributed by atoms with Crippen LogP contribution in [0.5, 0.6) is 5.75 Å². The Morgan fingerprint density at radius 2 is 2.41 bits per heavy atom. The number of carboxylic acids is 1. The minimum absolute atomic E-state index is 0.306. The molecule has 5 heteroatoms. The fourth-order valence-corrected chi connectivity index (χ4v) is 2.41. The predicted octanol–water partition coefficient (Wildman–Crippen LogP) is 0.555. The van der Waals surface area contributed by atoms with E-state index >= 15 is 0 Å². The Morgan fingerprint density at radius 3 is 3.24 bits per heavy atom. The van der Waals surface area contributed by atoms with Crippen molar-refractivity contribution in [1.82, 2.24) is 5.32 Å². The fourth-order valence-electron chi connectivity index (χ4n) is 2.41. The summed E-state index contributed by atoms with van der Waals surface area (Å²) in [6, 6.07) is 5.34. The van der Waals surface area contributed by atoms with Crippen LogP contribution in [0, 0.1) is 0 Å². The molecule has 17 heavy (non-hydrogen) atoms. The number of benzene rings is 1. The van der Waals surface area contributed by atoms with Crippen molar-refractivity contribution in [2.24, 2.45) is 0 Å². The van der Waals surface area contributed by atoms with E-state index in [1.165, 1.54) is 0 Å². The van der Waals surface area contributed by atoms with Crippen LogP contribution in [0.15, 0.2) is 18.2 Å². The van der Waals surface area contributed by atoms with Gasteiger partial charge < -0.3 is 20.1 Å². The maximum atomic E-state index is 11.0. The van der Waals surface area contributed by atoms with Crippen molar-refractivity contribution in [2.75, 3.05) is 31.1 Å². The normalized spacial score (nSPS) is 22.4. The second-order valence-corrected chi connectivity index (χ2v) is 4.35. The number of nitrogens with zero attached hydrogens (tertiary/aromatic N) is 1. The number of carbonyl (C=O) groups is 1. The fraction of sp³-hybridized carbons (Fsp3) is 0.417. The molecule has 0 amide bonds. The molecule has 5 nitrogen and oxygen atoms in total. The quantitative estimate of drug-likeness (QED) is 0.743. The lowest BCUT2D eigenvalue weighted by molar-refractivity contribution is 0.0697. The molecule has 0 aliphatic carbocycles. The lowest BCUT2D eigenvalue weighted by Gasteiger charge is -2.42. The van der Waals surface area contributed by atoms with Gasteiger partial charge >= 0.3 is 5.97 Å². The topological polar surface area (TPSA) is 61.8 Å². The number of rotatable bonds is 1. The van der Waals surface area contributed by atoms with Gasteiger partial charge in [0.25, 0.3) is 0 Å². The molecule has 1 unspecified atom stereocenters. The minimum atomic E-state index is -0.898. The van der Waals surface area contributed by atoms with E-state index in [9.17, 15) is 4.79 Å². The molecule has 1 atom stereocenters. The first kappa shape index (κ1) is 10.4. The van der Waals surface area contributed by atoms with Crippen molar-refractivity contribution < 1.29 is 14.6 Å². The van der Waals surface area contributed by atoms with E-state index < -0.39 is 5.97 Å². The smallest absolute Gasteiger partial charge is 0.335 e. The second-order valence-electron chi connectivity index (χ2n) is 4.35. The Balaban J connectivity index is 2.01. The van der Waals surface area contributed by atoms with Gasteiger partial charge in [0.05, 0.1) is 17.3 Å². The molecule has 0 saturated carbocycles. The van der Waals surface area contributed by atoms with Crippen molar-refractivity contribution in [3.63, 3.8) is 0 Å². The molecular formula is C12H14N2O3. The zero-order valence-corrected chi connectivity index (χ0v) is 9.35. The second kappa shape index (κ2) is 3.92. The van der Waals surface area contributed by atoms with E-state index in [2.05, 4.69) is 10.2 Å². The summed E-state index contributed by atoms with van der Waals surface area (Å²) in [5.41, 5.74) is 1.22. The van der Waals surface area contributed by atoms with Crippen LogP contribution >= 0.6 is 0 Å². The first-order chi connectivity index (χ1) is 8.25. The van der Waals surface area contributed by atoms with Gasteiger partial charge in [-0.25, -0.2) is 4.79 Å². The van der Waals surface area contributed by atoms with Crippen molar-refractivity contribution in [3.8, 4) is 5.75 Å². The van der Waals surface area contributed by atoms with E-state index in [1.54, 1.807) is 18.2 Å². The third-order valence-electron chi connectivity index (χ3n) is 3.30. The van der Waals surface area contributed by atoms with Gasteiger partial charge in [0.15, 0.2) is 0 Å². The predicted molar refractivity (Wildman–Crippen MR) is 62.9 cm³/mol. The average Bonchev–Trinajstić information content (AvgIpc) is 2.38. The lowest BCUT2D eigenvalue weighted by Crippen LogP contribution is -2.55. The summed E-state index contributed by atoms with van der Waals surface area (Å²) in [6.45, 7) is 3.36. The first-order valence-electron chi connectivity index (χ1n) is 5.73. The number of hydrogen-bond donors (Lipinski definition) is 2. The third-order valence-corrected chi connectivity index (χ3v) is 3.30. The molecule has 0 spiro atoms. The van der Waals surface area contributed by atoms with Crippen LogP contribution in [0.2, 0.25) is 0 Å². The van der Waals surface area contributed by atoms with Gasteiger partial charge in [0.2, 0.25) is 0 Å². The summed E-state index contributed by atoms with van der Waals surface area (Å²) in [4.78, 5) is 13.2. The highest BCUT2D eigenvalue weighted by atomic mass is 16.5. The van der Waals surface area contributed by atoms with Crippen molar-refractivity contribution in [1.29, 1.82) is 0 Å². The van der Waals surface area contributed by atoms with E-state index in [4.69, 9.17) is 9.84 Å². The Bertz CT molecular complexity index is 461. The first-order valence-corrected chi connectivity index (χ1v) is 5.73. The molecule has 2 aliphatic heterocycles. The summed E-state index contributed by atoms with van der Waals surface area (Å²) in [6.07, 6.45) is 0. The minimum Gasteiger partial charge on any atom is -0.489 e. The van der Waals surface area contributed by atoms with Gasteiger partial charge in [0.1, 0.15) is 12.4 Å². The maximum absolute atomic E-state index is 11.0. The number of ether oxygens (including phenoxy) is 1. The van der Waals surface area contributed by atoms with E-state index in [-0.39, 0.29) is 0 Å². The van der Waals surface area contributed by atoms with Gasteiger partial charge in [-0.1, -0.05) is 0 Å². The van der Waals surface area contributed by atoms with Crippen LogP contribution in [-0.4, -0.2) is 43.4 Å². The number of nitrogens with one attached hydrogen (secondary N) is 1. The molecule has 0 bridgehead atoms. The number of hydrogen-bond acceptors (Lipinski definition) is 4. The van der Waals surface area contributed by atoms with E-state index in [0.717, 1.165) is 31.1 Å². The van der Waals surface area contributed by atoms with Gasteiger partial charge in [-0.3, -0.25) is 0 Å². The number of carboxylic acid groups (broad SMARTS) is 1. The molecule has 2 N–H and O–H groups in total. The highest BCUT2D eigenvalue weighted by molar-refractivity contribution is 5.89. The third kappa shape index (κ3) is 1.72. The van der Waals surface area contributed by atoms with Crippen molar-refractivity contribution in [2.45, 2.75) is 6.04 Å². The molecule has 3 rings (SSSR count). The highest BCUT2D eigenvalue weighted by Crippen LogP contribution is 2.35. The van der Waals surface area contributed by atoms with E-state index in [1.807, 2.05) is 0 Å². The molecule has 0 aromatic heterocycles. The summed E-state index contributed by atoms with van der Waals surface area (Å²) in [7, 11) is 0. The maximum Gasteiger partial charge on any atom is 0.335 e. The van der Waals surface area contributed by atoms with Crippen molar-refractivity contribution >= 4 is 11.7 Å². The molecule has 1 aromatic carbocycles. The molecule has 2 heterocycles. The molecule has 90 valence electrons. The zero-order valence-electron chi connectivity index (χ0n) is 9.35. The standard InChI is InChI=1S/C12H14N2O3/c15-12(16)8-1-2-11-10(5-8)14-4-3-13-6-9(14)7-17-11/h1-2,5,9,13H,3-4,6-7H2,(H,15,16). The molecule has 2 aliphatic rings. The SMILES string of the molecule is O=C(O)c1ccc2c(c1)N1CCNCC1CO2. The zero-order chi connectivity index (χ0) is 11.8. The molecular weight excluding hydrogens is 220 g/mol. The van der Waals surface area contributed by atoms with Crippen LogP contribution in [0.25, 0.3) is 0 Å². The average molecular weight is 234 g/mol. The van der Waals surface area contributed by atoms with Gasteiger partial charge in [-0.2, -0.15) is 0 Å². The molecule has 1 fully saturated rings. The Morgan fingerprint density at radius 1 is 1.53 bits per heavy atom. The number of anilines is 1. The highest BCUT2D eigenvalue weighted by Gasteiger charge is 2.30. The molecule has 1 aromatic rings. The van der Waals surface area contributed by atoms with E-state index in [0.29, 0.717) is 18.2 Å². The Labute approximate surface area is 99.0 Å². The summed E-state index contributed by atoms with van der Waals surface area (Å²) >= 11 is 0. The van der Waals surface area contributed by atoms with Gasteiger partial charge in [-0.05, 0) is 18.2 Å². The summed E-state index contributed by atoms with van der Waals surface area (Å²) in [5, 5.41) is 12.3. The lowest BCUT2D eigenvalue weighted by atomic mass is 10.1. The summed E-state index contributed by atoms with van der Waals surface area (Å²) in [5.74, 6) is -0.113. The Kier molecular flexibility index (Phi) is 2.40. The summed E-state index contributed by atoms with van der Waals surface area (Å²) < 4.78 is 5.65. The molecule has 1 saturated heterocycles. The molecule has 0 radical (unpaired) electrons. The van der Waals surface area contributed by atoms with Crippen LogP contribution in [0.1, 0.15) is 10.4 Å². The number of aromatic carboxylic acids is 1. The van der Waals surface area contributed by atoms with Gasteiger partial charge in [0, 0.05) is 19.6 Å². The largest absolute Gasteiger partial charge is 0.489 e. The Hall–Kier alpha value is -1.75. The van der Waals surface area contributed by atoms with Gasteiger partial charge in [-0.15, -0.1) is 0 Å². The van der Waals surface area contributed by atoms with Crippen LogP contribution < -0.4 is 15.0 Å². The number of piperazine rings is 1. The monoisotopic (exact) mass is 234 g/mol. The number of fused-ring (bicyclic) bond motifs is 3. The van der Waals surface area contributed by atoms with Crippen LogP contribution in [-0.2, 0) is 0 Å². The van der Waals surface area contributed by atoms with Crippen LogP contribution in [0.3, 0.4) is 0 Å². The van der Waals surface area contributed by atoms with Crippen molar-refractivity contribution in [3.05, 3.63) is 23.8 Å².